The summed E-state index contributed by atoms with van der Waals surface area (Å²) in [4.78, 5) is 0. The molecule has 4 nitrogen and oxygen atoms in total. The van der Waals surface area contributed by atoms with E-state index in [1.54, 1.807) is 19.2 Å². The van der Waals surface area contributed by atoms with Crippen molar-refractivity contribution in [3.05, 3.63) is 108 Å². The Morgan fingerprint density at radius 1 is 0.613 bits per heavy atom. The van der Waals surface area contributed by atoms with Crippen molar-refractivity contribution >= 4 is 0 Å². The van der Waals surface area contributed by atoms with Crippen LogP contribution in [0.3, 0.4) is 0 Å². The normalized spacial score (nSPS) is 10.5. The summed E-state index contributed by atoms with van der Waals surface area (Å²) < 4.78 is 17.5. The molecule has 0 fully saturated rings. The Bertz CT molecular complexity index is 1120. The SMILES string of the molecule is COc1cc(O)cc(-c2ccc(OCc3ccccc3)c(OCc3ccccc3)c2)c1. The summed E-state index contributed by atoms with van der Waals surface area (Å²) in [5.74, 6) is 2.03. The van der Waals surface area contributed by atoms with Crippen LogP contribution >= 0.6 is 0 Å². The fourth-order valence-corrected chi connectivity index (χ4v) is 3.26. The van der Waals surface area contributed by atoms with E-state index >= 15 is 0 Å². The van der Waals surface area contributed by atoms with E-state index in [1.807, 2.05) is 84.9 Å². The zero-order chi connectivity index (χ0) is 21.5. The van der Waals surface area contributed by atoms with E-state index < -0.39 is 0 Å². The number of hydrogen-bond acceptors (Lipinski definition) is 4. The van der Waals surface area contributed by atoms with Crippen molar-refractivity contribution in [3.8, 4) is 34.1 Å². The van der Waals surface area contributed by atoms with Crippen LogP contribution in [0.2, 0.25) is 0 Å². The maximum atomic E-state index is 10.0. The zero-order valence-electron chi connectivity index (χ0n) is 17.3. The second kappa shape index (κ2) is 9.72. The van der Waals surface area contributed by atoms with Gasteiger partial charge in [0.05, 0.1) is 7.11 Å². The van der Waals surface area contributed by atoms with Gasteiger partial charge in [0.2, 0.25) is 0 Å². The summed E-state index contributed by atoms with van der Waals surface area (Å²) in [7, 11) is 1.58. The number of ether oxygens (including phenoxy) is 3. The molecule has 0 aliphatic carbocycles. The fourth-order valence-electron chi connectivity index (χ4n) is 3.26. The second-order valence-electron chi connectivity index (χ2n) is 7.13. The van der Waals surface area contributed by atoms with E-state index in [2.05, 4.69) is 0 Å². The van der Waals surface area contributed by atoms with Gasteiger partial charge in [0.15, 0.2) is 11.5 Å². The first kappa shape index (κ1) is 20.4. The molecule has 0 atom stereocenters. The van der Waals surface area contributed by atoms with Gasteiger partial charge in [-0.15, -0.1) is 0 Å². The standard InChI is InChI=1S/C27H24O4/c1-29-25-15-23(14-24(28)17-25)22-12-13-26(30-18-20-8-4-2-5-9-20)27(16-22)31-19-21-10-6-3-7-11-21/h2-17,28H,18-19H2,1H3. The average molecular weight is 412 g/mol. The summed E-state index contributed by atoms with van der Waals surface area (Å²) in [5.41, 5.74) is 3.87. The van der Waals surface area contributed by atoms with Crippen LogP contribution in [0.1, 0.15) is 11.1 Å². The third-order valence-corrected chi connectivity index (χ3v) is 4.88. The van der Waals surface area contributed by atoms with Crippen molar-refractivity contribution in [1.82, 2.24) is 0 Å². The molecule has 0 heterocycles. The minimum absolute atomic E-state index is 0.144. The molecule has 0 saturated carbocycles. The smallest absolute Gasteiger partial charge is 0.162 e. The highest BCUT2D eigenvalue weighted by molar-refractivity contribution is 5.70. The maximum absolute atomic E-state index is 10.0. The van der Waals surface area contributed by atoms with Gasteiger partial charge >= 0.3 is 0 Å². The largest absolute Gasteiger partial charge is 0.508 e. The molecule has 4 heteroatoms. The highest BCUT2D eigenvalue weighted by Gasteiger charge is 2.11. The summed E-state index contributed by atoms with van der Waals surface area (Å²) in [5, 5.41) is 10.0. The molecule has 0 aromatic heterocycles. The monoisotopic (exact) mass is 412 g/mol. The summed E-state index contributed by atoms with van der Waals surface area (Å²) in [6.45, 7) is 0.872. The van der Waals surface area contributed by atoms with Gasteiger partial charge in [0, 0.05) is 6.07 Å². The molecule has 0 unspecified atom stereocenters. The second-order valence-corrected chi connectivity index (χ2v) is 7.13. The van der Waals surface area contributed by atoms with E-state index in [0.29, 0.717) is 30.5 Å². The molecule has 0 amide bonds. The lowest BCUT2D eigenvalue weighted by molar-refractivity contribution is 0.256. The van der Waals surface area contributed by atoms with E-state index in [0.717, 1.165) is 22.3 Å². The molecule has 0 radical (unpaired) electrons. The van der Waals surface area contributed by atoms with Crippen molar-refractivity contribution in [3.63, 3.8) is 0 Å². The van der Waals surface area contributed by atoms with E-state index in [1.165, 1.54) is 0 Å². The van der Waals surface area contributed by atoms with Crippen LogP contribution in [0.4, 0.5) is 0 Å². The summed E-state index contributed by atoms with van der Waals surface area (Å²) in [6, 6.07) is 30.9. The van der Waals surface area contributed by atoms with E-state index in [-0.39, 0.29) is 5.75 Å². The highest BCUT2D eigenvalue weighted by atomic mass is 16.5. The van der Waals surface area contributed by atoms with Gasteiger partial charge in [0.25, 0.3) is 0 Å². The van der Waals surface area contributed by atoms with Crippen LogP contribution in [-0.2, 0) is 13.2 Å². The van der Waals surface area contributed by atoms with Crippen molar-refractivity contribution in [1.29, 1.82) is 0 Å². The Kier molecular flexibility index (Phi) is 6.38. The van der Waals surface area contributed by atoms with E-state index in [9.17, 15) is 5.11 Å². The van der Waals surface area contributed by atoms with Crippen LogP contribution in [0.15, 0.2) is 97.1 Å². The van der Waals surface area contributed by atoms with Gasteiger partial charge < -0.3 is 19.3 Å². The molecule has 31 heavy (non-hydrogen) atoms. The number of rotatable bonds is 8. The van der Waals surface area contributed by atoms with Crippen LogP contribution < -0.4 is 14.2 Å². The summed E-state index contributed by atoms with van der Waals surface area (Å²) >= 11 is 0. The van der Waals surface area contributed by atoms with Gasteiger partial charge in [-0.05, 0) is 46.5 Å². The predicted molar refractivity (Wildman–Crippen MR) is 122 cm³/mol. The molecule has 1 N–H and O–H groups in total. The van der Waals surface area contributed by atoms with Crippen molar-refractivity contribution in [2.24, 2.45) is 0 Å². The molecule has 4 aromatic rings. The van der Waals surface area contributed by atoms with Crippen molar-refractivity contribution < 1.29 is 19.3 Å². The molecular formula is C27H24O4. The quantitative estimate of drug-likeness (QED) is 0.373. The zero-order valence-corrected chi connectivity index (χ0v) is 17.3. The van der Waals surface area contributed by atoms with E-state index in [4.69, 9.17) is 14.2 Å². The number of benzene rings is 4. The van der Waals surface area contributed by atoms with Crippen molar-refractivity contribution in [2.75, 3.05) is 7.11 Å². The Balaban J connectivity index is 1.63. The first-order valence-corrected chi connectivity index (χ1v) is 10.1. The first-order valence-electron chi connectivity index (χ1n) is 10.1. The molecule has 0 aliphatic heterocycles. The van der Waals surface area contributed by atoms with Gasteiger partial charge in [-0.3, -0.25) is 0 Å². The molecule has 0 spiro atoms. The van der Waals surface area contributed by atoms with Gasteiger partial charge in [-0.2, -0.15) is 0 Å². The van der Waals surface area contributed by atoms with Crippen LogP contribution in [-0.4, -0.2) is 12.2 Å². The average Bonchev–Trinajstić information content (AvgIpc) is 2.82. The number of phenols is 1. The number of aromatic hydroxyl groups is 1. The lowest BCUT2D eigenvalue weighted by Crippen LogP contribution is -2.01. The van der Waals surface area contributed by atoms with Crippen LogP contribution in [0, 0.1) is 0 Å². The molecule has 4 rings (SSSR count). The maximum Gasteiger partial charge on any atom is 0.162 e. The van der Waals surface area contributed by atoms with Crippen LogP contribution in [0.25, 0.3) is 11.1 Å². The fraction of sp³-hybridized carbons (Fsp3) is 0.111. The Labute approximate surface area is 182 Å². The highest BCUT2D eigenvalue weighted by Crippen LogP contribution is 2.36. The Hall–Kier alpha value is -3.92. The minimum Gasteiger partial charge on any atom is -0.508 e. The Morgan fingerprint density at radius 3 is 1.84 bits per heavy atom. The third kappa shape index (κ3) is 5.37. The molecule has 156 valence electrons. The van der Waals surface area contributed by atoms with Crippen LogP contribution in [0.5, 0.6) is 23.0 Å². The predicted octanol–water partition coefficient (Wildman–Crippen LogP) is 6.23. The lowest BCUT2D eigenvalue weighted by atomic mass is 10.0. The molecule has 4 aromatic carbocycles. The van der Waals surface area contributed by atoms with Gasteiger partial charge in [-0.25, -0.2) is 0 Å². The number of phenolic OH excluding ortho intramolecular Hbond substituents is 1. The third-order valence-electron chi connectivity index (χ3n) is 4.88. The molecular weight excluding hydrogens is 388 g/mol. The van der Waals surface area contributed by atoms with Gasteiger partial charge in [0.1, 0.15) is 24.7 Å². The topological polar surface area (TPSA) is 47.9 Å². The van der Waals surface area contributed by atoms with Gasteiger partial charge in [-0.1, -0.05) is 66.7 Å². The molecule has 0 saturated heterocycles. The first-order chi connectivity index (χ1) is 15.2. The molecule has 0 aliphatic rings. The Morgan fingerprint density at radius 2 is 1.23 bits per heavy atom. The van der Waals surface area contributed by atoms with Crippen molar-refractivity contribution in [2.45, 2.75) is 13.2 Å². The minimum atomic E-state index is 0.144. The number of methoxy groups -OCH3 is 1. The number of hydrogen-bond donors (Lipinski definition) is 1. The lowest BCUT2D eigenvalue weighted by Gasteiger charge is -2.15. The summed E-state index contributed by atoms with van der Waals surface area (Å²) in [6.07, 6.45) is 0. The molecule has 0 bridgehead atoms.